The smallest absolute Gasteiger partial charge is 0.407 e. The highest BCUT2D eigenvalue weighted by Gasteiger charge is 2.58. The van der Waals surface area contributed by atoms with E-state index in [1.165, 1.54) is 4.90 Å². The SMILES string of the molecule is O=C(O)N1C[C@@H]2[C@H](C1)[C@H]2c1ccn(Cc2ccccn2)n1. The molecule has 3 atom stereocenters. The van der Waals surface area contributed by atoms with E-state index >= 15 is 0 Å². The third-order valence-corrected chi connectivity index (χ3v) is 4.52. The largest absolute Gasteiger partial charge is 0.465 e. The van der Waals surface area contributed by atoms with Crippen LogP contribution in [-0.2, 0) is 6.54 Å². The van der Waals surface area contributed by atoms with Crippen molar-refractivity contribution in [3.63, 3.8) is 0 Å². The summed E-state index contributed by atoms with van der Waals surface area (Å²) in [6.45, 7) is 1.97. The highest BCUT2D eigenvalue weighted by Crippen LogP contribution is 2.57. The molecule has 1 aliphatic carbocycles. The summed E-state index contributed by atoms with van der Waals surface area (Å²) in [5.74, 6) is 1.35. The molecule has 21 heavy (non-hydrogen) atoms. The van der Waals surface area contributed by atoms with Gasteiger partial charge in [0.25, 0.3) is 0 Å². The maximum atomic E-state index is 10.9. The van der Waals surface area contributed by atoms with Gasteiger partial charge in [-0.05, 0) is 30.0 Å². The molecule has 1 aliphatic heterocycles. The Kier molecular flexibility index (Phi) is 2.70. The van der Waals surface area contributed by atoms with Gasteiger partial charge in [0.15, 0.2) is 0 Å². The van der Waals surface area contributed by atoms with E-state index < -0.39 is 6.09 Å². The van der Waals surface area contributed by atoms with Crippen LogP contribution in [0.2, 0.25) is 0 Å². The van der Waals surface area contributed by atoms with E-state index in [-0.39, 0.29) is 0 Å². The molecule has 1 N–H and O–H groups in total. The van der Waals surface area contributed by atoms with Crippen molar-refractivity contribution >= 4 is 6.09 Å². The zero-order chi connectivity index (χ0) is 14.4. The lowest BCUT2D eigenvalue weighted by atomic mass is 10.2. The monoisotopic (exact) mass is 284 g/mol. The molecular formula is C15H16N4O2. The van der Waals surface area contributed by atoms with E-state index in [9.17, 15) is 4.79 Å². The van der Waals surface area contributed by atoms with Gasteiger partial charge in [0, 0.05) is 31.4 Å². The zero-order valence-electron chi connectivity index (χ0n) is 11.5. The van der Waals surface area contributed by atoms with E-state index in [2.05, 4.69) is 16.1 Å². The van der Waals surface area contributed by atoms with Crippen LogP contribution in [-0.4, -0.2) is 44.0 Å². The van der Waals surface area contributed by atoms with Crippen LogP contribution in [0, 0.1) is 11.8 Å². The van der Waals surface area contributed by atoms with Gasteiger partial charge in [-0.25, -0.2) is 4.79 Å². The van der Waals surface area contributed by atoms with Gasteiger partial charge in [-0.15, -0.1) is 0 Å². The van der Waals surface area contributed by atoms with Crippen molar-refractivity contribution < 1.29 is 9.90 Å². The summed E-state index contributed by atoms with van der Waals surface area (Å²) in [6.07, 6.45) is 2.96. The molecule has 0 unspecified atom stereocenters. The Bertz CT molecular complexity index is 657. The molecule has 1 amide bonds. The van der Waals surface area contributed by atoms with Gasteiger partial charge in [-0.3, -0.25) is 9.67 Å². The van der Waals surface area contributed by atoms with E-state index in [1.807, 2.05) is 29.1 Å². The number of amides is 1. The average Bonchev–Trinajstić information content (AvgIpc) is 2.86. The Morgan fingerprint density at radius 2 is 2.10 bits per heavy atom. The second kappa shape index (κ2) is 4.58. The fourth-order valence-electron chi connectivity index (χ4n) is 3.42. The van der Waals surface area contributed by atoms with Crippen LogP contribution in [0.5, 0.6) is 0 Å². The van der Waals surface area contributed by atoms with Crippen LogP contribution in [0.3, 0.4) is 0 Å². The normalized spacial score (nSPS) is 26.7. The standard InChI is InChI=1S/C15H16N4O2/c20-15(21)18-8-11-12(9-18)14(11)13-4-6-19(17-13)7-10-3-1-2-5-16-10/h1-6,11-12,14H,7-9H2,(H,20,21)/t11-,12+,14+. The van der Waals surface area contributed by atoms with Crippen molar-refractivity contribution in [3.05, 3.63) is 48.0 Å². The number of nitrogens with zero attached hydrogens (tertiary/aromatic N) is 4. The summed E-state index contributed by atoms with van der Waals surface area (Å²) in [5.41, 5.74) is 2.08. The quantitative estimate of drug-likeness (QED) is 0.930. The summed E-state index contributed by atoms with van der Waals surface area (Å²) in [4.78, 5) is 16.7. The lowest BCUT2D eigenvalue weighted by Gasteiger charge is -2.14. The molecule has 108 valence electrons. The van der Waals surface area contributed by atoms with Gasteiger partial charge in [0.1, 0.15) is 0 Å². The lowest BCUT2D eigenvalue weighted by molar-refractivity contribution is 0.150. The first-order valence-electron chi connectivity index (χ1n) is 7.13. The first-order valence-corrected chi connectivity index (χ1v) is 7.13. The van der Waals surface area contributed by atoms with Crippen molar-refractivity contribution in [1.82, 2.24) is 19.7 Å². The third kappa shape index (κ3) is 2.16. The number of likely N-dealkylation sites (tertiary alicyclic amines) is 1. The summed E-state index contributed by atoms with van der Waals surface area (Å²) < 4.78 is 1.90. The van der Waals surface area contributed by atoms with Gasteiger partial charge in [0.05, 0.1) is 17.9 Å². The highest BCUT2D eigenvalue weighted by atomic mass is 16.4. The summed E-state index contributed by atoms with van der Waals surface area (Å²) in [6, 6.07) is 7.91. The van der Waals surface area contributed by atoms with Gasteiger partial charge in [0.2, 0.25) is 0 Å². The van der Waals surface area contributed by atoms with Crippen molar-refractivity contribution in [2.24, 2.45) is 11.8 Å². The number of hydrogen-bond acceptors (Lipinski definition) is 3. The predicted molar refractivity (Wildman–Crippen MR) is 74.9 cm³/mol. The molecule has 0 spiro atoms. The van der Waals surface area contributed by atoms with Crippen molar-refractivity contribution in [2.75, 3.05) is 13.1 Å². The van der Waals surface area contributed by atoms with Crippen molar-refractivity contribution in [2.45, 2.75) is 12.5 Å². The molecule has 0 aromatic carbocycles. The molecule has 2 aromatic heterocycles. The molecule has 0 radical (unpaired) electrons. The zero-order valence-corrected chi connectivity index (χ0v) is 11.5. The first-order chi connectivity index (χ1) is 10.2. The molecular weight excluding hydrogens is 268 g/mol. The number of rotatable bonds is 3. The highest BCUT2D eigenvalue weighted by molar-refractivity contribution is 5.66. The summed E-state index contributed by atoms with van der Waals surface area (Å²) in [5, 5.41) is 13.6. The lowest BCUT2D eigenvalue weighted by Crippen LogP contribution is -2.29. The third-order valence-electron chi connectivity index (χ3n) is 4.52. The number of carboxylic acid groups (broad SMARTS) is 1. The molecule has 2 fully saturated rings. The van der Waals surface area contributed by atoms with Gasteiger partial charge in [-0.2, -0.15) is 5.10 Å². The van der Waals surface area contributed by atoms with Crippen molar-refractivity contribution in [3.8, 4) is 0 Å². The Morgan fingerprint density at radius 3 is 2.76 bits per heavy atom. The number of aromatic nitrogens is 3. The number of carbonyl (C=O) groups is 1. The summed E-state index contributed by atoms with van der Waals surface area (Å²) >= 11 is 0. The summed E-state index contributed by atoms with van der Waals surface area (Å²) in [7, 11) is 0. The minimum absolute atomic E-state index is 0.436. The van der Waals surface area contributed by atoms with Gasteiger partial charge >= 0.3 is 6.09 Å². The Hall–Kier alpha value is -2.37. The molecule has 6 nitrogen and oxygen atoms in total. The minimum Gasteiger partial charge on any atom is -0.465 e. The van der Waals surface area contributed by atoms with E-state index in [0.29, 0.717) is 37.4 Å². The van der Waals surface area contributed by atoms with Crippen molar-refractivity contribution in [1.29, 1.82) is 0 Å². The van der Waals surface area contributed by atoms with Gasteiger partial charge < -0.3 is 10.0 Å². The molecule has 4 rings (SSSR count). The fraction of sp³-hybridized carbons (Fsp3) is 0.400. The predicted octanol–water partition coefficient (Wildman–Crippen LogP) is 1.65. The Morgan fingerprint density at radius 1 is 1.29 bits per heavy atom. The average molecular weight is 284 g/mol. The number of pyridine rings is 1. The first kappa shape index (κ1) is 12.4. The topological polar surface area (TPSA) is 71.2 Å². The second-order valence-corrected chi connectivity index (χ2v) is 5.80. The molecule has 0 bridgehead atoms. The van der Waals surface area contributed by atoms with Crippen LogP contribution in [0.25, 0.3) is 0 Å². The molecule has 3 heterocycles. The number of piperidine rings is 1. The second-order valence-electron chi connectivity index (χ2n) is 5.80. The number of hydrogen-bond donors (Lipinski definition) is 1. The van der Waals surface area contributed by atoms with E-state index in [4.69, 9.17) is 5.11 Å². The van der Waals surface area contributed by atoms with Crippen LogP contribution in [0.4, 0.5) is 4.79 Å². The minimum atomic E-state index is -0.804. The molecule has 1 saturated heterocycles. The van der Waals surface area contributed by atoms with Crippen LogP contribution in [0.1, 0.15) is 17.3 Å². The van der Waals surface area contributed by atoms with Gasteiger partial charge in [-0.1, -0.05) is 6.07 Å². The van der Waals surface area contributed by atoms with Crippen LogP contribution in [0.15, 0.2) is 36.7 Å². The van der Waals surface area contributed by atoms with E-state index in [0.717, 1.165) is 11.4 Å². The Labute approximate surface area is 122 Å². The molecule has 1 saturated carbocycles. The van der Waals surface area contributed by atoms with Crippen LogP contribution < -0.4 is 0 Å². The maximum Gasteiger partial charge on any atom is 0.407 e. The molecule has 2 aliphatic rings. The maximum absolute atomic E-state index is 10.9. The fourth-order valence-corrected chi connectivity index (χ4v) is 3.42. The van der Waals surface area contributed by atoms with Crippen LogP contribution >= 0.6 is 0 Å². The number of fused-ring (bicyclic) bond motifs is 1. The molecule has 2 aromatic rings. The van der Waals surface area contributed by atoms with E-state index in [1.54, 1.807) is 6.20 Å². The molecule has 6 heteroatoms. The Balaban J connectivity index is 1.42.